The summed E-state index contributed by atoms with van der Waals surface area (Å²) in [5.74, 6) is -1.09. The summed E-state index contributed by atoms with van der Waals surface area (Å²) in [6.45, 7) is 0. The van der Waals surface area contributed by atoms with E-state index in [9.17, 15) is 12.8 Å². The maximum Gasteiger partial charge on any atom is 0.262 e. The smallest absolute Gasteiger partial charge is 0.207 e. The Morgan fingerprint density at radius 1 is 1.43 bits per heavy atom. The number of hydrogen-bond donors (Lipinski definition) is 0. The quantitative estimate of drug-likeness (QED) is 0.722. The van der Waals surface area contributed by atoms with E-state index in [1.54, 1.807) is 0 Å². The van der Waals surface area contributed by atoms with Gasteiger partial charge in [0.2, 0.25) is 0 Å². The normalized spacial score (nSPS) is 11.0. The van der Waals surface area contributed by atoms with E-state index in [0.29, 0.717) is 0 Å². The molecule has 7 heteroatoms. The van der Waals surface area contributed by atoms with Gasteiger partial charge in [0.05, 0.1) is 5.02 Å². The zero-order valence-electron chi connectivity index (χ0n) is 6.46. The fourth-order valence-electron chi connectivity index (χ4n) is 0.840. The summed E-state index contributed by atoms with van der Waals surface area (Å²) in [7, 11) is 0.844. The Morgan fingerprint density at radius 2 is 2.00 bits per heavy atom. The van der Waals surface area contributed by atoms with Gasteiger partial charge in [-0.2, -0.15) is 5.26 Å². The van der Waals surface area contributed by atoms with E-state index in [0.717, 1.165) is 12.1 Å². The molecule has 1 rings (SSSR count). The molecule has 0 unspecified atom stereocenters. The first-order chi connectivity index (χ1) is 6.38. The third kappa shape index (κ3) is 1.98. The minimum Gasteiger partial charge on any atom is -0.207 e. The molecule has 0 aliphatic carbocycles. The zero-order valence-corrected chi connectivity index (χ0v) is 8.79. The van der Waals surface area contributed by atoms with Crippen molar-refractivity contribution in [2.75, 3.05) is 0 Å². The Bertz CT molecular complexity index is 521. The summed E-state index contributed by atoms with van der Waals surface area (Å²) in [4.78, 5) is -0.580. The van der Waals surface area contributed by atoms with Crippen LogP contribution < -0.4 is 0 Å². The van der Waals surface area contributed by atoms with E-state index in [4.69, 9.17) is 27.5 Å². The highest BCUT2D eigenvalue weighted by molar-refractivity contribution is 8.13. The molecule has 0 radical (unpaired) electrons. The lowest BCUT2D eigenvalue weighted by atomic mass is 10.2. The van der Waals surface area contributed by atoms with Crippen molar-refractivity contribution in [1.29, 1.82) is 5.26 Å². The van der Waals surface area contributed by atoms with E-state index < -0.39 is 25.3 Å². The first-order valence-electron chi connectivity index (χ1n) is 3.20. The molecule has 0 aliphatic rings. The van der Waals surface area contributed by atoms with Gasteiger partial charge in [-0.25, -0.2) is 12.8 Å². The van der Waals surface area contributed by atoms with Crippen molar-refractivity contribution < 1.29 is 12.8 Å². The Hall–Kier alpha value is -0.830. The van der Waals surface area contributed by atoms with Crippen LogP contribution >= 0.6 is 22.3 Å². The van der Waals surface area contributed by atoms with Crippen molar-refractivity contribution in [3.8, 4) is 6.07 Å². The Morgan fingerprint density at radius 3 is 2.43 bits per heavy atom. The summed E-state index contributed by atoms with van der Waals surface area (Å²) in [5, 5.41) is 8.19. The van der Waals surface area contributed by atoms with Crippen molar-refractivity contribution in [2.24, 2.45) is 0 Å². The number of rotatable bonds is 1. The molecule has 0 aliphatic heterocycles. The van der Waals surface area contributed by atoms with Crippen LogP contribution in [0.2, 0.25) is 5.02 Å². The van der Waals surface area contributed by atoms with Crippen molar-refractivity contribution >= 4 is 31.3 Å². The van der Waals surface area contributed by atoms with E-state index >= 15 is 0 Å². The SMILES string of the molecule is N#Cc1c(S(=O)(=O)Cl)ccc(Cl)c1F. The summed E-state index contributed by atoms with van der Waals surface area (Å²) < 4.78 is 34.9. The molecule has 0 heterocycles. The van der Waals surface area contributed by atoms with Gasteiger partial charge in [-0.05, 0) is 12.1 Å². The number of nitrogens with zero attached hydrogens (tertiary/aromatic N) is 1. The molecule has 3 nitrogen and oxygen atoms in total. The monoisotopic (exact) mass is 253 g/mol. The predicted molar refractivity (Wildman–Crippen MR) is 49.2 cm³/mol. The fourth-order valence-corrected chi connectivity index (χ4v) is 1.99. The molecule has 0 spiro atoms. The lowest BCUT2D eigenvalue weighted by Gasteiger charge is -2.01. The zero-order chi connectivity index (χ0) is 10.9. The molecule has 74 valence electrons. The molecule has 0 amide bonds. The predicted octanol–water partition coefficient (Wildman–Crippen LogP) is 2.28. The standard InChI is InChI=1S/C7H2Cl2FNO2S/c8-5-1-2-6(14(9,12)13)4(3-11)7(5)10/h1-2H. The summed E-state index contributed by atoms with van der Waals surface area (Å²) in [5.41, 5.74) is -0.674. The van der Waals surface area contributed by atoms with Gasteiger partial charge in [0.1, 0.15) is 16.5 Å². The lowest BCUT2D eigenvalue weighted by Crippen LogP contribution is -1.98. The number of hydrogen-bond acceptors (Lipinski definition) is 3. The van der Waals surface area contributed by atoms with Crippen LogP contribution in [-0.4, -0.2) is 8.42 Å². The summed E-state index contributed by atoms with van der Waals surface area (Å²) in [6.07, 6.45) is 0. The van der Waals surface area contributed by atoms with E-state index in [-0.39, 0.29) is 5.02 Å². The molecule has 0 saturated carbocycles. The van der Waals surface area contributed by atoms with E-state index in [1.165, 1.54) is 6.07 Å². The van der Waals surface area contributed by atoms with E-state index in [2.05, 4.69) is 0 Å². The van der Waals surface area contributed by atoms with Gasteiger partial charge in [0, 0.05) is 10.7 Å². The molecule has 0 aromatic heterocycles. The van der Waals surface area contributed by atoms with Crippen molar-refractivity contribution in [2.45, 2.75) is 4.90 Å². The van der Waals surface area contributed by atoms with Gasteiger partial charge < -0.3 is 0 Å². The highest BCUT2D eigenvalue weighted by atomic mass is 35.7. The molecule has 0 N–H and O–H groups in total. The maximum absolute atomic E-state index is 13.1. The van der Waals surface area contributed by atoms with Crippen LogP contribution in [0.3, 0.4) is 0 Å². The molecular formula is C7H2Cl2FNO2S. The average molecular weight is 254 g/mol. The van der Waals surface area contributed by atoms with Gasteiger partial charge in [-0.15, -0.1) is 0 Å². The number of halogens is 3. The van der Waals surface area contributed by atoms with Crippen LogP contribution in [0.4, 0.5) is 4.39 Å². The maximum atomic E-state index is 13.1. The summed E-state index contributed by atoms with van der Waals surface area (Å²) in [6, 6.07) is 3.39. The Balaban J connectivity index is 3.66. The van der Waals surface area contributed by atoms with E-state index in [1.807, 2.05) is 0 Å². The third-order valence-electron chi connectivity index (χ3n) is 1.43. The molecule has 1 aromatic rings. The van der Waals surface area contributed by atoms with Gasteiger partial charge in [-0.1, -0.05) is 11.6 Å². The summed E-state index contributed by atoms with van der Waals surface area (Å²) >= 11 is 5.35. The van der Waals surface area contributed by atoms with Crippen LogP contribution in [0.1, 0.15) is 5.56 Å². The number of benzene rings is 1. The molecule has 1 aromatic carbocycles. The molecule has 0 fully saturated rings. The molecule has 0 atom stereocenters. The molecule has 14 heavy (non-hydrogen) atoms. The van der Waals surface area contributed by atoms with Gasteiger partial charge >= 0.3 is 0 Å². The van der Waals surface area contributed by atoms with Gasteiger partial charge in [-0.3, -0.25) is 0 Å². The lowest BCUT2D eigenvalue weighted by molar-refractivity contribution is 0.600. The van der Waals surface area contributed by atoms with Crippen LogP contribution in [0, 0.1) is 17.1 Å². The second-order valence-corrected chi connectivity index (χ2v) is 5.23. The second kappa shape index (κ2) is 3.73. The second-order valence-electron chi connectivity index (χ2n) is 2.28. The molecule has 0 bridgehead atoms. The minimum atomic E-state index is -4.13. The largest absolute Gasteiger partial charge is 0.262 e. The highest BCUT2D eigenvalue weighted by Gasteiger charge is 2.20. The average Bonchev–Trinajstić information content (AvgIpc) is 2.07. The Labute approximate surface area is 89.1 Å². The van der Waals surface area contributed by atoms with Gasteiger partial charge in [0.25, 0.3) is 9.05 Å². The Kier molecular flexibility index (Phi) is 3.00. The van der Waals surface area contributed by atoms with Crippen molar-refractivity contribution in [3.05, 3.63) is 28.5 Å². The fraction of sp³-hybridized carbons (Fsp3) is 0. The minimum absolute atomic E-state index is 0.328. The first-order valence-corrected chi connectivity index (χ1v) is 5.89. The van der Waals surface area contributed by atoms with Crippen LogP contribution in [0.25, 0.3) is 0 Å². The first kappa shape index (κ1) is 11.2. The van der Waals surface area contributed by atoms with Crippen molar-refractivity contribution in [3.63, 3.8) is 0 Å². The number of nitriles is 1. The van der Waals surface area contributed by atoms with Crippen LogP contribution in [-0.2, 0) is 9.05 Å². The topological polar surface area (TPSA) is 57.9 Å². The molecular weight excluding hydrogens is 252 g/mol. The van der Waals surface area contributed by atoms with Crippen LogP contribution in [0.15, 0.2) is 17.0 Å². The van der Waals surface area contributed by atoms with Crippen LogP contribution in [0.5, 0.6) is 0 Å². The molecule has 0 saturated heterocycles. The van der Waals surface area contributed by atoms with Crippen molar-refractivity contribution in [1.82, 2.24) is 0 Å². The highest BCUT2D eigenvalue weighted by Crippen LogP contribution is 2.26. The van der Waals surface area contributed by atoms with Gasteiger partial charge in [0.15, 0.2) is 5.82 Å². The third-order valence-corrected chi connectivity index (χ3v) is 3.09.